The summed E-state index contributed by atoms with van der Waals surface area (Å²) < 4.78 is 0. The molecular formula is C16H22N4O10. The number of carboxylic acids is 2. The average Bonchev–Trinajstić information content (AvgIpc) is 2.69. The molecule has 0 atom stereocenters. The fourth-order valence-corrected chi connectivity index (χ4v) is 2.79. The van der Waals surface area contributed by atoms with Crippen LogP contribution >= 0.6 is 0 Å². The van der Waals surface area contributed by atoms with Crippen molar-refractivity contribution < 1.29 is 48.6 Å². The average molecular weight is 430 g/mol. The molecule has 0 saturated carbocycles. The van der Waals surface area contributed by atoms with Gasteiger partial charge in [0.05, 0.1) is 0 Å². The van der Waals surface area contributed by atoms with Gasteiger partial charge in [-0.1, -0.05) is 0 Å². The zero-order chi connectivity index (χ0) is 23.4. The Hall–Kier alpha value is -3.39. The number of carbonyl (C=O) groups is 7. The third-order valence-electron chi connectivity index (χ3n) is 4.59. The number of amides is 5. The Balaban J connectivity index is 0.000000301. The Morgan fingerprint density at radius 2 is 1.47 bits per heavy atom. The predicted molar refractivity (Wildman–Crippen MR) is 94.0 cm³/mol. The van der Waals surface area contributed by atoms with Crippen molar-refractivity contribution in [1.29, 1.82) is 0 Å². The van der Waals surface area contributed by atoms with Crippen molar-refractivity contribution >= 4 is 41.5 Å². The summed E-state index contributed by atoms with van der Waals surface area (Å²) >= 11 is 0. The first-order valence-corrected chi connectivity index (χ1v) is 8.65. The van der Waals surface area contributed by atoms with Crippen molar-refractivity contribution in [2.45, 2.75) is 13.8 Å². The van der Waals surface area contributed by atoms with E-state index in [1.165, 1.54) is 14.1 Å². The normalized spacial score (nSPS) is 17.1. The van der Waals surface area contributed by atoms with E-state index in [2.05, 4.69) is 15.6 Å². The van der Waals surface area contributed by atoms with E-state index >= 15 is 0 Å². The highest BCUT2D eigenvalue weighted by Gasteiger charge is 2.79. The fourth-order valence-electron chi connectivity index (χ4n) is 2.79. The summed E-state index contributed by atoms with van der Waals surface area (Å²) in [6, 6.07) is 0. The van der Waals surface area contributed by atoms with Crippen LogP contribution in [0, 0.1) is 10.8 Å². The van der Waals surface area contributed by atoms with Crippen LogP contribution in [0.1, 0.15) is 13.8 Å². The number of carboxylic acid groups (broad SMARTS) is 2. The van der Waals surface area contributed by atoms with Gasteiger partial charge in [0, 0.05) is 27.2 Å². The van der Waals surface area contributed by atoms with Crippen molar-refractivity contribution in [2.75, 3.05) is 33.8 Å². The van der Waals surface area contributed by atoms with Crippen LogP contribution in [0.25, 0.3) is 0 Å². The minimum atomic E-state index is -2.64. The van der Waals surface area contributed by atoms with Crippen molar-refractivity contribution in [3.63, 3.8) is 0 Å². The molecule has 0 aromatic rings. The zero-order valence-electron chi connectivity index (χ0n) is 16.7. The number of nitrogens with zero attached hydrogens (tertiary/aromatic N) is 2. The van der Waals surface area contributed by atoms with E-state index in [4.69, 9.17) is 10.2 Å². The molecule has 0 radical (unpaired) electrons. The second-order valence-electron chi connectivity index (χ2n) is 6.14. The van der Waals surface area contributed by atoms with Crippen LogP contribution in [-0.4, -0.2) is 95.3 Å². The lowest BCUT2D eigenvalue weighted by molar-refractivity contribution is -0.198. The second-order valence-corrected chi connectivity index (χ2v) is 6.14. The predicted octanol–water partition coefficient (Wildman–Crippen LogP) is -3.21. The highest BCUT2D eigenvalue weighted by Crippen LogP contribution is 2.43. The van der Waals surface area contributed by atoms with Gasteiger partial charge in [0.1, 0.15) is 6.61 Å². The molecule has 0 aromatic carbocycles. The summed E-state index contributed by atoms with van der Waals surface area (Å²) in [5.74, 6) is -7.45. The van der Waals surface area contributed by atoms with Crippen LogP contribution < -0.4 is 10.8 Å². The van der Waals surface area contributed by atoms with Crippen molar-refractivity contribution in [2.24, 2.45) is 10.8 Å². The van der Waals surface area contributed by atoms with E-state index in [1.54, 1.807) is 13.8 Å². The van der Waals surface area contributed by atoms with Gasteiger partial charge >= 0.3 is 11.9 Å². The molecule has 30 heavy (non-hydrogen) atoms. The summed E-state index contributed by atoms with van der Waals surface area (Å²) in [4.78, 5) is 85.0. The molecule has 1 spiro atoms. The number of likely N-dealkylation sites (tertiary alicyclic amines) is 2. The van der Waals surface area contributed by atoms with Gasteiger partial charge in [-0.25, -0.2) is 5.48 Å². The molecule has 4 N–H and O–H groups in total. The monoisotopic (exact) mass is 430 g/mol. The number of hydrogen-bond acceptors (Lipinski definition) is 9. The maximum Gasteiger partial charge on any atom is 0.333 e. The van der Waals surface area contributed by atoms with Crippen molar-refractivity contribution in [3.8, 4) is 0 Å². The molecule has 0 unspecified atom stereocenters. The molecule has 2 fully saturated rings. The van der Waals surface area contributed by atoms with E-state index in [9.17, 15) is 33.6 Å². The standard InChI is InChI=1S/C8H14N2O6.C8H8N2O4/c1-3-10-5(11)8(6(12)13,7(14)15)4-16-9-2;1-3-10-6(13)8(7(10)14)4(11)9(2)5(8)12/h9H,3-4H2,1-2H3,(H,10,11)(H,12,13)(H,14,15);3H2,1-2H3. The summed E-state index contributed by atoms with van der Waals surface area (Å²) in [5.41, 5.74) is -2.50. The minimum Gasteiger partial charge on any atom is -0.480 e. The molecule has 0 aliphatic carbocycles. The van der Waals surface area contributed by atoms with E-state index < -0.39 is 58.9 Å². The minimum absolute atomic E-state index is 0.126. The topological polar surface area (TPSA) is 200 Å². The highest BCUT2D eigenvalue weighted by molar-refractivity contribution is 6.52. The molecule has 2 rings (SSSR count). The van der Waals surface area contributed by atoms with E-state index in [1.807, 2.05) is 0 Å². The van der Waals surface area contributed by atoms with Crippen LogP contribution in [0.3, 0.4) is 0 Å². The lowest BCUT2D eigenvalue weighted by Crippen LogP contribution is -2.83. The number of β-lactam (4-membered cyclic amide) rings is 4. The summed E-state index contributed by atoms with van der Waals surface area (Å²) in [7, 11) is 2.58. The summed E-state index contributed by atoms with van der Waals surface area (Å²) in [6.45, 7) is 2.68. The first-order chi connectivity index (χ1) is 13.9. The molecule has 2 aliphatic rings. The van der Waals surface area contributed by atoms with Crippen molar-refractivity contribution in [3.05, 3.63) is 0 Å². The number of imide groups is 2. The van der Waals surface area contributed by atoms with Gasteiger partial charge in [-0.2, -0.15) is 0 Å². The first kappa shape index (κ1) is 24.6. The molecule has 0 bridgehead atoms. The van der Waals surface area contributed by atoms with Crippen LogP contribution in [0.4, 0.5) is 0 Å². The third-order valence-corrected chi connectivity index (χ3v) is 4.59. The Morgan fingerprint density at radius 1 is 1.00 bits per heavy atom. The quantitative estimate of drug-likeness (QED) is 0.172. The Bertz CT molecular complexity index is 760. The number of aliphatic carboxylic acids is 2. The van der Waals surface area contributed by atoms with Gasteiger partial charge in [-0.3, -0.25) is 48.2 Å². The third kappa shape index (κ3) is 3.29. The zero-order valence-corrected chi connectivity index (χ0v) is 16.7. The first-order valence-electron chi connectivity index (χ1n) is 8.65. The molecule has 2 saturated heterocycles. The molecule has 166 valence electrons. The largest absolute Gasteiger partial charge is 0.480 e. The Labute approximate surface area is 170 Å². The Kier molecular flexibility index (Phi) is 7.36. The smallest absolute Gasteiger partial charge is 0.333 e. The van der Waals surface area contributed by atoms with Gasteiger partial charge in [-0.15, -0.1) is 0 Å². The molecule has 2 heterocycles. The number of rotatable bonds is 8. The van der Waals surface area contributed by atoms with E-state index in [0.717, 1.165) is 9.80 Å². The lowest BCUT2D eigenvalue weighted by Gasteiger charge is -2.51. The number of carbonyl (C=O) groups excluding carboxylic acids is 5. The summed E-state index contributed by atoms with van der Waals surface area (Å²) in [5, 5.41) is 19.9. The van der Waals surface area contributed by atoms with Gasteiger partial charge < -0.3 is 15.5 Å². The fraction of sp³-hybridized carbons (Fsp3) is 0.562. The van der Waals surface area contributed by atoms with Crippen LogP contribution in [0.5, 0.6) is 0 Å². The maximum absolute atomic E-state index is 11.5. The van der Waals surface area contributed by atoms with Gasteiger partial charge in [0.15, 0.2) is 0 Å². The van der Waals surface area contributed by atoms with Gasteiger partial charge in [0.25, 0.3) is 40.4 Å². The van der Waals surface area contributed by atoms with E-state index in [0.29, 0.717) is 0 Å². The van der Waals surface area contributed by atoms with E-state index in [-0.39, 0.29) is 13.1 Å². The number of hydrogen-bond donors (Lipinski definition) is 4. The molecule has 2 aliphatic heterocycles. The number of hydroxylamine groups is 1. The Morgan fingerprint density at radius 3 is 1.80 bits per heavy atom. The molecular weight excluding hydrogens is 408 g/mol. The van der Waals surface area contributed by atoms with Crippen LogP contribution in [-0.2, 0) is 38.4 Å². The molecule has 5 amide bonds. The van der Waals surface area contributed by atoms with Crippen molar-refractivity contribution in [1.82, 2.24) is 20.6 Å². The number of nitrogens with one attached hydrogen (secondary N) is 2. The highest BCUT2D eigenvalue weighted by atomic mass is 16.6. The van der Waals surface area contributed by atoms with Crippen LogP contribution in [0.15, 0.2) is 0 Å². The van der Waals surface area contributed by atoms with Crippen LogP contribution in [0.2, 0.25) is 0 Å². The summed E-state index contributed by atoms with van der Waals surface area (Å²) in [6.07, 6.45) is 0. The lowest BCUT2D eigenvalue weighted by atomic mass is 9.69. The molecule has 14 heteroatoms. The van der Waals surface area contributed by atoms with Gasteiger partial charge in [-0.05, 0) is 13.8 Å². The van der Waals surface area contributed by atoms with Gasteiger partial charge in [0.2, 0.25) is 0 Å². The molecule has 14 nitrogen and oxygen atoms in total. The SMILES string of the molecule is CCN1C(=O)C2(C(=O)N(C)C2=O)C1=O.CCNC(=O)C(CONC)(C(=O)O)C(=O)O. The molecule has 0 aromatic heterocycles. The maximum atomic E-state index is 11.5. The second kappa shape index (κ2) is 8.96.